The molecular formula is C17H20FN3O2. The van der Waals surface area contributed by atoms with Crippen LogP contribution in [0.25, 0.3) is 0 Å². The zero-order valence-corrected chi connectivity index (χ0v) is 13.1. The topological polar surface area (TPSA) is 58.5 Å². The van der Waals surface area contributed by atoms with Gasteiger partial charge < -0.3 is 9.84 Å². The Labute approximate surface area is 134 Å². The van der Waals surface area contributed by atoms with E-state index in [1.165, 1.54) is 18.5 Å². The van der Waals surface area contributed by atoms with E-state index in [0.717, 1.165) is 24.2 Å². The maximum atomic E-state index is 13.0. The van der Waals surface area contributed by atoms with Crippen LogP contribution in [0.5, 0.6) is 5.88 Å². The molecule has 0 radical (unpaired) electrons. The summed E-state index contributed by atoms with van der Waals surface area (Å²) in [7, 11) is 0. The van der Waals surface area contributed by atoms with Crippen molar-refractivity contribution in [1.82, 2.24) is 14.9 Å². The Morgan fingerprint density at radius 3 is 2.83 bits per heavy atom. The number of hydrogen-bond donors (Lipinski definition) is 1. The molecule has 3 rings (SSSR count). The molecule has 1 atom stereocenters. The summed E-state index contributed by atoms with van der Waals surface area (Å²) in [4.78, 5) is 10.7. The molecule has 6 heteroatoms. The predicted octanol–water partition coefficient (Wildman–Crippen LogP) is 2.11. The normalized spacial score (nSPS) is 16.0. The van der Waals surface area contributed by atoms with Gasteiger partial charge in [0.1, 0.15) is 12.1 Å². The summed E-state index contributed by atoms with van der Waals surface area (Å²) in [5.41, 5.74) is 2.72. The fraction of sp³-hybridized carbons (Fsp3) is 0.412. The number of aliphatic hydroxyl groups excluding tert-OH is 1. The molecule has 1 unspecified atom stereocenters. The molecule has 0 saturated carbocycles. The zero-order chi connectivity index (χ0) is 16.2. The number of rotatable bonds is 5. The average Bonchev–Trinajstić information content (AvgIpc) is 2.56. The van der Waals surface area contributed by atoms with Gasteiger partial charge in [0.25, 0.3) is 0 Å². The third-order valence-electron chi connectivity index (χ3n) is 4.01. The second-order valence-corrected chi connectivity index (χ2v) is 5.59. The lowest BCUT2D eigenvalue weighted by molar-refractivity contribution is 0.104. The molecule has 2 heterocycles. The van der Waals surface area contributed by atoms with Crippen molar-refractivity contribution in [2.45, 2.75) is 26.0 Å². The van der Waals surface area contributed by atoms with Crippen LogP contribution in [0.1, 0.15) is 29.8 Å². The number of nitrogens with zero attached hydrogens (tertiary/aromatic N) is 3. The van der Waals surface area contributed by atoms with Crippen molar-refractivity contribution in [1.29, 1.82) is 0 Å². The van der Waals surface area contributed by atoms with Crippen molar-refractivity contribution >= 4 is 0 Å². The minimum absolute atomic E-state index is 0.300. The molecule has 23 heavy (non-hydrogen) atoms. The van der Waals surface area contributed by atoms with Crippen LogP contribution in [0.2, 0.25) is 0 Å². The predicted molar refractivity (Wildman–Crippen MR) is 83.5 cm³/mol. The smallest absolute Gasteiger partial charge is 0.221 e. The van der Waals surface area contributed by atoms with E-state index in [9.17, 15) is 9.50 Å². The third-order valence-corrected chi connectivity index (χ3v) is 4.01. The minimum Gasteiger partial charge on any atom is -0.478 e. The molecule has 0 aliphatic carbocycles. The molecule has 0 amide bonds. The van der Waals surface area contributed by atoms with Gasteiger partial charge in [0.05, 0.1) is 18.4 Å². The van der Waals surface area contributed by atoms with Crippen LogP contribution < -0.4 is 4.74 Å². The summed E-state index contributed by atoms with van der Waals surface area (Å²) in [5.74, 6) is 0.324. The van der Waals surface area contributed by atoms with Gasteiger partial charge >= 0.3 is 0 Å². The van der Waals surface area contributed by atoms with Crippen LogP contribution in [-0.2, 0) is 13.0 Å². The number of halogens is 1. The SMILES string of the molecule is CCOc1ncnc2c1CN(CC(O)c1ccc(F)cc1)CC2. The minimum atomic E-state index is -0.655. The molecule has 122 valence electrons. The molecular weight excluding hydrogens is 297 g/mol. The molecule has 1 aromatic carbocycles. The Hall–Kier alpha value is -2.05. The van der Waals surface area contributed by atoms with E-state index in [-0.39, 0.29) is 5.82 Å². The first-order valence-electron chi connectivity index (χ1n) is 7.78. The summed E-state index contributed by atoms with van der Waals surface area (Å²) < 4.78 is 18.5. The summed E-state index contributed by atoms with van der Waals surface area (Å²) in [6.07, 6.45) is 1.68. The van der Waals surface area contributed by atoms with E-state index in [0.29, 0.717) is 31.1 Å². The van der Waals surface area contributed by atoms with Gasteiger partial charge in [0, 0.05) is 31.6 Å². The number of fused-ring (bicyclic) bond motifs is 1. The highest BCUT2D eigenvalue weighted by atomic mass is 19.1. The second-order valence-electron chi connectivity index (χ2n) is 5.59. The van der Waals surface area contributed by atoms with E-state index in [1.807, 2.05) is 6.92 Å². The second kappa shape index (κ2) is 7.02. The van der Waals surface area contributed by atoms with Crippen LogP contribution in [-0.4, -0.2) is 39.7 Å². The first-order chi connectivity index (χ1) is 11.2. The highest BCUT2D eigenvalue weighted by Gasteiger charge is 2.23. The molecule has 0 saturated heterocycles. The highest BCUT2D eigenvalue weighted by Crippen LogP contribution is 2.26. The van der Waals surface area contributed by atoms with Crippen molar-refractivity contribution < 1.29 is 14.2 Å². The molecule has 0 fully saturated rings. The van der Waals surface area contributed by atoms with E-state index in [2.05, 4.69) is 14.9 Å². The van der Waals surface area contributed by atoms with Gasteiger partial charge in [-0.15, -0.1) is 0 Å². The standard InChI is InChI=1S/C17H20FN3O2/c1-2-23-17-14-9-21(8-7-15(14)19-11-20-17)10-16(22)12-3-5-13(18)6-4-12/h3-6,11,16,22H,2,7-10H2,1H3. The van der Waals surface area contributed by atoms with Crippen LogP contribution >= 0.6 is 0 Å². The number of hydrogen-bond acceptors (Lipinski definition) is 5. The van der Waals surface area contributed by atoms with E-state index < -0.39 is 6.10 Å². The highest BCUT2D eigenvalue weighted by molar-refractivity contribution is 5.31. The first kappa shape index (κ1) is 15.8. The van der Waals surface area contributed by atoms with Crippen molar-refractivity contribution in [2.75, 3.05) is 19.7 Å². The molecule has 0 spiro atoms. The lowest BCUT2D eigenvalue weighted by atomic mass is 10.0. The molecule has 1 aliphatic rings. The molecule has 1 N–H and O–H groups in total. The number of benzene rings is 1. The summed E-state index contributed by atoms with van der Waals surface area (Å²) in [6, 6.07) is 5.97. The van der Waals surface area contributed by atoms with Crippen molar-refractivity contribution in [3.05, 3.63) is 53.2 Å². The quantitative estimate of drug-likeness (QED) is 0.915. The van der Waals surface area contributed by atoms with Crippen LogP contribution in [0.15, 0.2) is 30.6 Å². The average molecular weight is 317 g/mol. The van der Waals surface area contributed by atoms with Gasteiger partial charge in [-0.3, -0.25) is 4.90 Å². The lowest BCUT2D eigenvalue weighted by Gasteiger charge is -2.30. The Kier molecular flexibility index (Phi) is 4.83. The number of aromatic nitrogens is 2. The van der Waals surface area contributed by atoms with Crippen molar-refractivity contribution in [2.24, 2.45) is 0 Å². The summed E-state index contributed by atoms with van der Waals surface area (Å²) in [5, 5.41) is 10.4. The van der Waals surface area contributed by atoms with Crippen LogP contribution in [0, 0.1) is 5.82 Å². The summed E-state index contributed by atoms with van der Waals surface area (Å²) >= 11 is 0. The van der Waals surface area contributed by atoms with Gasteiger partial charge in [0.15, 0.2) is 0 Å². The molecule has 5 nitrogen and oxygen atoms in total. The van der Waals surface area contributed by atoms with Crippen LogP contribution in [0.4, 0.5) is 4.39 Å². The Bertz CT molecular complexity index is 663. The molecule has 0 bridgehead atoms. The molecule has 1 aromatic heterocycles. The maximum Gasteiger partial charge on any atom is 0.221 e. The Balaban J connectivity index is 1.70. The van der Waals surface area contributed by atoms with Gasteiger partial charge in [-0.2, -0.15) is 0 Å². The molecule has 2 aromatic rings. The van der Waals surface area contributed by atoms with Gasteiger partial charge in [0.2, 0.25) is 5.88 Å². The van der Waals surface area contributed by atoms with E-state index in [4.69, 9.17) is 4.74 Å². The van der Waals surface area contributed by atoms with E-state index in [1.54, 1.807) is 12.1 Å². The first-order valence-corrected chi connectivity index (χ1v) is 7.78. The zero-order valence-electron chi connectivity index (χ0n) is 13.1. The number of ether oxygens (including phenoxy) is 1. The third kappa shape index (κ3) is 3.65. The number of β-amino-alcohol motifs (C(OH)–C–C–N with tert-alkyl or cyclic N) is 1. The lowest BCUT2D eigenvalue weighted by Crippen LogP contribution is -2.35. The maximum absolute atomic E-state index is 13.0. The fourth-order valence-corrected chi connectivity index (χ4v) is 2.82. The monoisotopic (exact) mass is 317 g/mol. The van der Waals surface area contributed by atoms with Crippen LogP contribution in [0.3, 0.4) is 0 Å². The Morgan fingerprint density at radius 1 is 1.30 bits per heavy atom. The van der Waals surface area contributed by atoms with Gasteiger partial charge in [-0.05, 0) is 24.6 Å². The Morgan fingerprint density at radius 2 is 2.09 bits per heavy atom. The largest absolute Gasteiger partial charge is 0.478 e. The van der Waals surface area contributed by atoms with Gasteiger partial charge in [-0.1, -0.05) is 12.1 Å². The van der Waals surface area contributed by atoms with Crippen molar-refractivity contribution in [3.63, 3.8) is 0 Å². The summed E-state index contributed by atoms with van der Waals surface area (Å²) in [6.45, 7) is 4.41. The van der Waals surface area contributed by atoms with Gasteiger partial charge in [-0.25, -0.2) is 14.4 Å². The number of aliphatic hydroxyl groups is 1. The fourth-order valence-electron chi connectivity index (χ4n) is 2.82. The molecule has 1 aliphatic heterocycles. The van der Waals surface area contributed by atoms with Crippen molar-refractivity contribution in [3.8, 4) is 5.88 Å². The van der Waals surface area contributed by atoms with E-state index >= 15 is 0 Å².